The molecule has 0 fully saturated rings. The molecule has 0 atom stereocenters. The Balaban J connectivity index is 0.000000161. The number of aryl methyl sites for hydroxylation is 2. The Morgan fingerprint density at radius 2 is 1.01 bits per heavy atom. The summed E-state index contributed by atoms with van der Waals surface area (Å²) in [5.74, 6) is 2.17. The van der Waals surface area contributed by atoms with Gasteiger partial charge in [0.25, 0.3) is 11.8 Å². The Kier molecular flexibility index (Phi) is 26.6. The summed E-state index contributed by atoms with van der Waals surface area (Å²) >= 11 is 0. The number of hydrogen-bond acceptors (Lipinski definition) is 15. The first-order valence-corrected chi connectivity index (χ1v) is 37.7. The monoisotopic (exact) mass is 1530 g/mol. The van der Waals surface area contributed by atoms with Crippen molar-refractivity contribution >= 4 is 90.1 Å². The van der Waals surface area contributed by atoms with Gasteiger partial charge in [-0.2, -0.15) is 0 Å². The first-order chi connectivity index (χ1) is 53.5. The third-order valence-electron chi connectivity index (χ3n) is 18.4. The van der Waals surface area contributed by atoms with Crippen LogP contribution in [-0.4, -0.2) is 150 Å². The van der Waals surface area contributed by atoms with Crippen LogP contribution in [0.25, 0.3) is 77.6 Å². The molecule has 13 aromatic rings. The van der Waals surface area contributed by atoms with Crippen LogP contribution in [0, 0.1) is 28.6 Å². The Hall–Kier alpha value is -12.0. The number of Topliss-reactive ketones (excluding diaryl/α,β-unsaturated/α-hetero) is 4. The lowest BCUT2D eigenvalue weighted by Crippen LogP contribution is -2.20. The fraction of sp³-hybridized carbons (Fsp3) is 0.308. The van der Waals surface area contributed by atoms with E-state index in [4.69, 9.17) is 24.4 Å². The van der Waals surface area contributed by atoms with Gasteiger partial charge in [0, 0.05) is 124 Å². The second kappa shape index (κ2) is 36.0. The van der Waals surface area contributed by atoms with Crippen molar-refractivity contribution in [2.24, 2.45) is 28.7 Å². The smallest absolute Gasteiger partial charge is 0.277 e. The van der Waals surface area contributed by atoms with E-state index in [0.29, 0.717) is 53.8 Å². The second-order valence-electron chi connectivity index (χ2n) is 32.3. The molecule has 22 nitrogen and oxygen atoms in total. The number of hydrogen-bond donors (Lipinski definition) is 7. The Morgan fingerprint density at radius 3 is 1.63 bits per heavy atom. The van der Waals surface area contributed by atoms with E-state index < -0.39 is 16.2 Å². The molecular formula is C91H103N11O11. The molecule has 0 saturated heterocycles. The standard InChI is InChI=1S/C25H28N6O4.C23H28N2O2.C22H24N2O2.C21H23NO3/c1-25(2,3)22(33)17-6-9-19-20(14-17)28-23(27-19)16-4-7-18(8-5-16)26-24(34)21-15-31(30-29-21)10-12-35-13-11-32;1-23(2,3)22(26)18-7-6-17-14-20(24-21(17)15-18)16-8-10-19(11-9-16)27-13-12-25(4)5;1-14-6-9-17(10-7-14)23-21(26)19-13-16-12-15(20(25)22(2,3)4)8-11-18(16)24(19)5;1-21(2,3)20(24)15-7-8-18-16(11-15)13-19(22-18)14-5-4-6-17(12-14)25-10-9-23/h4-9,14-15,32H,10-13H2,1-3H3,(H,26,34)(H,27,28);6-11,14-15,24H,12-13H2,1-5H3;6-13H,1-5H3,(H,23,26);4-8,11-13,22-23H,9-10H2,1-3H3. The maximum atomic E-state index is 12.7. The molecule has 22 heteroatoms. The average Bonchev–Trinajstić information content (AvgIpc) is 1.59. The number of carbonyl (C=O) groups excluding carboxylic acids is 6. The predicted molar refractivity (Wildman–Crippen MR) is 449 cm³/mol. The van der Waals surface area contributed by atoms with Crippen LogP contribution in [0.4, 0.5) is 11.4 Å². The molecular weight excluding hydrogens is 1420 g/mol. The molecule has 0 aliphatic carbocycles. The Morgan fingerprint density at radius 1 is 0.478 bits per heavy atom. The van der Waals surface area contributed by atoms with Crippen molar-refractivity contribution in [3.8, 4) is 45.4 Å². The quantitative estimate of drug-likeness (QED) is 0.0231. The van der Waals surface area contributed by atoms with E-state index in [9.17, 15) is 28.8 Å². The van der Waals surface area contributed by atoms with Gasteiger partial charge in [0.2, 0.25) is 0 Å². The van der Waals surface area contributed by atoms with Crippen LogP contribution in [0.1, 0.15) is 151 Å². The van der Waals surface area contributed by atoms with Gasteiger partial charge in [-0.1, -0.05) is 130 Å². The van der Waals surface area contributed by atoms with Gasteiger partial charge in [0.15, 0.2) is 28.8 Å². The molecule has 113 heavy (non-hydrogen) atoms. The van der Waals surface area contributed by atoms with Gasteiger partial charge in [-0.3, -0.25) is 28.8 Å². The average molecular weight is 1530 g/mol. The first-order valence-electron chi connectivity index (χ1n) is 37.7. The number of anilines is 2. The number of carbonyl (C=O) groups is 6. The van der Waals surface area contributed by atoms with Crippen molar-refractivity contribution in [2.45, 2.75) is 96.6 Å². The van der Waals surface area contributed by atoms with Gasteiger partial charge in [-0.15, -0.1) is 5.10 Å². The summed E-state index contributed by atoms with van der Waals surface area (Å²) in [7, 11) is 5.92. The molecule has 5 aromatic heterocycles. The lowest BCUT2D eigenvalue weighted by atomic mass is 9.86. The zero-order valence-corrected chi connectivity index (χ0v) is 67.4. The topological polar surface area (TPSA) is 294 Å². The normalized spacial score (nSPS) is 11.7. The minimum absolute atomic E-state index is 0.0127. The summed E-state index contributed by atoms with van der Waals surface area (Å²) in [5, 5.41) is 34.1. The number of H-pyrrole nitrogens is 3. The summed E-state index contributed by atoms with van der Waals surface area (Å²) in [4.78, 5) is 92.1. The van der Waals surface area contributed by atoms with E-state index in [2.05, 4.69) is 64.0 Å². The molecule has 0 unspecified atom stereocenters. The predicted octanol–water partition coefficient (Wildman–Crippen LogP) is 17.7. The van der Waals surface area contributed by atoms with E-state index >= 15 is 0 Å². The SMILES string of the molecule is CC(C)(C)C(=O)c1ccc2[nH]c(-c3cccc(OCCO)c3)cc2c1.CC(C)(C)C(=O)c1ccc2nc(-c3ccc(NC(=O)c4cn(CCOCCO)nn4)cc3)[nH]c2c1.CN(C)CCOc1ccc(-c2cc3ccc(C(=O)C(C)(C)C)cc3[nH]2)cc1.Cc1ccc(NC(=O)c2cc3cc(C(=O)C(C)(C)C)ccc3n2C)cc1. The van der Waals surface area contributed by atoms with E-state index in [-0.39, 0.29) is 72.5 Å². The highest BCUT2D eigenvalue weighted by Crippen LogP contribution is 2.34. The van der Waals surface area contributed by atoms with Crippen molar-refractivity contribution in [3.63, 3.8) is 0 Å². The third kappa shape index (κ3) is 22.0. The molecule has 0 aliphatic rings. The lowest BCUT2D eigenvalue weighted by molar-refractivity contribution is 0.0851. The molecule has 8 aromatic carbocycles. The number of aromatic amines is 3. The fourth-order valence-electron chi connectivity index (χ4n) is 12.2. The molecule has 0 saturated carbocycles. The van der Waals surface area contributed by atoms with Gasteiger partial charge in [-0.25, -0.2) is 9.67 Å². The van der Waals surface area contributed by atoms with Crippen molar-refractivity contribution in [1.29, 1.82) is 0 Å². The summed E-state index contributed by atoms with van der Waals surface area (Å²) in [6.07, 6.45) is 1.54. The van der Waals surface area contributed by atoms with Gasteiger partial charge < -0.3 is 59.5 Å². The first kappa shape index (κ1) is 83.5. The van der Waals surface area contributed by atoms with E-state index in [1.807, 2.05) is 267 Å². The van der Waals surface area contributed by atoms with Crippen LogP contribution in [0.5, 0.6) is 11.5 Å². The highest BCUT2D eigenvalue weighted by atomic mass is 16.5. The summed E-state index contributed by atoms with van der Waals surface area (Å²) < 4.78 is 19.8. The van der Waals surface area contributed by atoms with Crippen molar-refractivity contribution in [1.82, 2.24) is 44.4 Å². The molecule has 0 bridgehead atoms. The minimum Gasteiger partial charge on any atom is -0.492 e. The van der Waals surface area contributed by atoms with Gasteiger partial charge in [-0.05, 0) is 178 Å². The summed E-state index contributed by atoms with van der Waals surface area (Å²) in [6.45, 7) is 27.9. The largest absolute Gasteiger partial charge is 0.492 e. The number of likely N-dealkylation sites (N-methyl/N-ethyl adjacent to an activating group) is 1. The maximum Gasteiger partial charge on any atom is 0.277 e. The van der Waals surface area contributed by atoms with E-state index in [0.717, 1.165) is 106 Å². The molecule has 13 rings (SSSR count). The zero-order valence-electron chi connectivity index (χ0n) is 67.4. The number of fused-ring (bicyclic) bond motifs is 4. The van der Waals surface area contributed by atoms with Crippen LogP contribution in [0.3, 0.4) is 0 Å². The van der Waals surface area contributed by atoms with Crippen LogP contribution in [-0.2, 0) is 18.3 Å². The number of ether oxygens (including phenoxy) is 3. The number of ketones is 4. The van der Waals surface area contributed by atoms with Crippen molar-refractivity contribution < 1.29 is 53.2 Å². The van der Waals surface area contributed by atoms with Gasteiger partial charge in [0.05, 0.1) is 50.2 Å². The number of benzene rings is 8. The Labute approximate surface area is 659 Å². The number of nitrogens with zero attached hydrogens (tertiary/aromatic N) is 6. The zero-order chi connectivity index (χ0) is 81.7. The second-order valence-corrected chi connectivity index (χ2v) is 32.3. The van der Waals surface area contributed by atoms with Crippen LogP contribution < -0.4 is 20.1 Å². The van der Waals surface area contributed by atoms with Crippen LogP contribution >= 0.6 is 0 Å². The number of aromatic nitrogens is 8. The van der Waals surface area contributed by atoms with Crippen molar-refractivity contribution in [2.75, 3.05) is 70.9 Å². The van der Waals surface area contributed by atoms with E-state index in [1.54, 1.807) is 24.4 Å². The van der Waals surface area contributed by atoms with Crippen LogP contribution in [0.15, 0.2) is 194 Å². The molecule has 7 N–H and O–H groups in total. The highest BCUT2D eigenvalue weighted by molar-refractivity contribution is 6.09. The number of imidazole rings is 1. The number of nitrogens with one attached hydrogen (secondary N) is 5. The maximum absolute atomic E-state index is 12.7. The number of aliphatic hydroxyl groups is 2. The fourth-order valence-corrected chi connectivity index (χ4v) is 12.2. The summed E-state index contributed by atoms with van der Waals surface area (Å²) in [5.41, 5.74) is 13.7. The minimum atomic E-state index is -0.459. The van der Waals surface area contributed by atoms with Gasteiger partial charge >= 0.3 is 0 Å². The molecule has 0 aliphatic heterocycles. The number of aliphatic hydroxyl groups excluding tert-OH is 2. The molecule has 2 amide bonds. The molecule has 0 radical (unpaired) electrons. The van der Waals surface area contributed by atoms with Crippen LogP contribution in [0.2, 0.25) is 0 Å². The highest BCUT2D eigenvalue weighted by Gasteiger charge is 2.28. The molecule has 588 valence electrons. The van der Waals surface area contributed by atoms with E-state index in [1.165, 1.54) is 4.68 Å². The number of amides is 2. The van der Waals surface area contributed by atoms with Gasteiger partial charge in [0.1, 0.15) is 36.2 Å². The Bertz CT molecular complexity index is 5520. The summed E-state index contributed by atoms with van der Waals surface area (Å²) in [6, 6.07) is 59.4. The number of rotatable bonds is 23. The third-order valence-corrected chi connectivity index (χ3v) is 18.4. The molecule has 0 spiro atoms. The van der Waals surface area contributed by atoms with Crippen molar-refractivity contribution in [3.05, 3.63) is 233 Å². The molecule has 5 heterocycles. The lowest BCUT2D eigenvalue weighted by Gasteiger charge is -2.16.